The van der Waals surface area contributed by atoms with Crippen molar-refractivity contribution in [2.45, 2.75) is 0 Å². The van der Waals surface area contributed by atoms with Crippen molar-refractivity contribution in [3.63, 3.8) is 0 Å². The van der Waals surface area contributed by atoms with Crippen molar-refractivity contribution in [2.24, 2.45) is 14.1 Å². The molecule has 0 spiro atoms. The molecule has 8 bridgehead atoms. The van der Waals surface area contributed by atoms with Crippen LogP contribution in [0.2, 0.25) is 0 Å². The molecule has 0 saturated heterocycles. The van der Waals surface area contributed by atoms with Gasteiger partial charge in [0.05, 0.1) is 67.1 Å². The summed E-state index contributed by atoms with van der Waals surface area (Å²) in [6, 6.07) is 2.76. The second-order valence-electron chi connectivity index (χ2n) is 15.0. The summed E-state index contributed by atoms with van der Waals surface area (Å²) in [7, 11) is 1.62. The number of aryl methyl sites for hydroxylation is 2. The maximum absolute atomic E-state index is 16.0. The third-order valence-corrected chi connectivity index (χ3v) is 11.4. The van der Waals surface area contributed by atoms with Crippen LogP contribution < -0.4 is 0 Å². The number of halogens is 20. The summed E-state index contributed by atoms with van der Waals surface area (Å²) < 4.78 is 307. The average molecular weight is 1200 g/mol. The van der Waals surface area contributed by atoms with Gasteiger partial charge in [-0.3, -0.25) is 0 Å². The van der Waals surface area contributed by atoms with Gasteiger partial charge in [0.25, 0.3) is 0 Å². The molecule has 0 atom stereocenters. The molecule has 71 heavy (non-hydrogen) atoms. The smallest absolute Gasteiger partial charge is 0.200 e. The van der Waals surface area contributed by atoms with Crippen molar-refractivity contribution in [1.29, 1.82) is 0 Å². The molecular formula is C46H14F20N4Pt. The van der Waals surface area contributed by atoms with Crippen molar-refractivity contribution in [2.75, 3.05) is 0 Å². The van der Waals surface area contributed by atoms with E-state index in [4.69, 9.17) is 0 Å². The zero-order valence-electron chi connectivity index (χ0n) is 34.3. The fraction of sp³-hybridized carbons (Fsp3) is 0.0435. The Morgan fingerprint density at radius 1 is 0.239 bits per heavy atom. The number of hydrogen-bond donors (Lipinski definition) is 0. The largest absolute Gasteiger partial charge is 0.343 e. The van der Waals surface area contributed by atoms with Crippen LogP contribution in [0.1, 0.15) is 22.8 Å². The van der Waals surface area contributed by atoms with Gasteiger partial charge in [-0.25, -0.2) is 97.8 Å². The Morgan fingerprint density at radius 2 is 0.380 bits per heavy atom. The monoisotopic (exact) mass is 1200 g/mol. The first-order valence-corrected chi connectivity index (χ1v) is 19.1. The Labute approximate surface area is 395 Å². The number of fused-ring (bicyclic) bond motifs is 8. The quantitative estimate of drug-likeness (QED) is 0.100. The summed E-state index contributed by atoms with van der Waals surface area (Å²) in [4.78, 5) is 8.06. The Bertz CT molecular complexity index is 3220. The number of hydrogen-bond acceptors (Lipinski definition) is 2. The van der Waals surface area contributed by atoms with Crippen LogP contribution in [0.3, 0.4) is 0 Å². The van der Waals surface area contributed by atoms with E-state index in [1.807, 2.05) is 0 Å². The van der Waals surface area contributed by atoms with Crippen LogP contribution in [-0.4, -0.2) is 19.1 Å². The van der Waals surface area contributed by atoms with Gasteiger partial charge in [-0.2, -0.15) is 0 Å². The van der Waals surface area contributed by atoms with Crippen LogP contribution in [0.25, 0.3) is 90.9 Å². The van der Waals surface area contributed by atoms with Crippen LogP contribution in [0.15, 0.2) is 24.3 Å². The van der Waals surface area contributed by atoms with Crippen molar-refractivity contribution in [1.82, 2.24) is 19.1 Å². The van der Waals surface area contributed by atoms with E-state index in [-0.39, 0.29) is 21.1 Å². The Hall–Kier alpha value is -7.23. The Morgan fingerprint density at radius 3 is 0.535 bits per heavy atom. The normalized spacial score (nSPS) is 12.1. The van der Waals surface area contributed by atoms with E-state index >= 15 is 70.2 Å². The SMILES string of the molecule is Cn1c2ccc1c(-c1c(F)c(F)c(F)c(F)c1F)c1nc(c(-c3c(F)c(F)c(F)c(F)c3F)c3ccc(c(-c4c(F)c(F)c(F)c(F)c4F)c4nc(c2-c2c(F)c(F)c(F)c(F)c2F)C=C4)n3C)C=C1.[Pt]. The predicted octanol–water partition coefficient (Wildman–Crippen LogP) is 14.1. The average Bonchev–Trinajstić information content (AvgIpc) is 4.17. The zero-order chi connectivity index (χ0) is 51.0. The molecule has 0 fully saturated rings. The molecule has 4 aromatic carbocycles. The number of aromatic nitrogens is 4. The first-order chi connectivity index (χ1) is 32.9. The second-order valence-corrected chi connectivity index (χ2v) is 15.0. The van der Waals surface area contributed by atoms with Gasteiger partial charge in [0.15, 0.2) is 93.1 Å². The third-order valence-electron chi connectivity index (χ3n) is 11.4. The summed E-state index contributed by atoms with van der Waals surface area (Å²) in [6.07, 6.45) is 2.54. The third kappa shape index (κ3) is 7.09. The van der Waals surface area contributed by atoms with Gasteiger partial charge in [0.2, 0.25) is 23.3 Å². The maximum atomic E-state index is 16.0. The van der Waals surface area contributed by atoms with Crippen LogP contribution in [0, 0.1) is 116 Å². The zero-order valence-corrected chi connectivity index (χ0v) is 36.6. The van der Waals surface area contributed by atoms with Crippen LogP contribution in [0.5, 0.6) is 0 Å². The summed E-state index contributed by atoms with van der Waals surface area (Å²) in [5.74, 6) is -52.4. The number of benzene rings is 4. The minimum absolute atomic E-state index is 0. The molecule has 0 amide bonds. The van der Waals surface area contributed by atoms with E-state index in [2.05, 4.69) is 9.97 Å². The molecule has 3 aromatic heterocycles. The Kier molecular flexibility index (Phi) is 12.4. The molecule has 0 unspecified atom stereocenters. The fourth-order valence-corrected chi connectivity index (χ4v) is 8.15. The van der Waals surface area contributed by atoms with Gasteiger partial charge < -0.3 is 9.13 Å². The van der Waals surface area contributed by atoms with Crippen LogP contribution in [0.4, 0.5) is 87.8 Å². The summed E-state index contributed by atoms with van der Waals surface area (Å²) in [5.41, 5.74) is -19.8. The molecule has 25 heteroatoms. The molecule has 0 N–H and O–H groups in total. The summed E-state index contributed by atoms with van der Waals surface area (Å²) in [5, 5.41) is 0. The molecular weight excluding hydrogens is 1180 g/mol. The van der Waals surface area contributed by atoms with Crippen LogP contribution in [-0.2, 0) is 35.2 Å². The molecule has 9 rings (SSSR count). The molecule has 4 nitrogen and oxygen atoms in total. The standard InChI is InChI=1S/C46H14F20N4.Pt/c1-69-15-7-8-16(69)20(24-29(49)37(57)44(64)38(58)30(24)50)12-4-6-14(68-12)22(26-33(53)41(61)46(66)42(62)34(26)54)18-10-9-17(70(18)2)21(25-31(51)39(59)45(65)40(60)32(25)52)13-5-3-11(67-13)19(15)23-27(47)35(55)43(63)36(56)28(23)48;/h3-10H,1-2H3;. The van der Waals surface area contributed by atoms with Crippen molar-refractivity contribution >= 4 is 46.4 Å². The topological polar surface area (TPSA) is 35.6 Å². The van der Waals surface area contributed by atoms with Gasteiger partial charge in [-0.1, -0.05) is 0 Å². The van der Waals surface area contributed by atoms with E-state index in [0.717, 1.165) is 14.1 Å². The molecule has 0 saturated carbocycles. The predicted molar refractivity (Wildman–Crippen MR) is 209 cm³/mol. The molecule has 5 heterocycles. The number of rotatable bonds is 4. The van der Waals surface area contributed by atoms with E-state index in [1.165, 1.54) is 0 Å². The van der Waals surface area contributed by atoms with Gasteiger partial charge in [-0.15, -0.1) is 0 Å². The molecule has 0 radical (unpaired) electrons. The summed E-state index contributed by atoms with van der Waals surface area (Å²) >= 11 is 0. The van der Waals surface area contributed by atoms with E-state index < -0.39 is 206 Å². The van der Waals surface area contributed by atoms with E-state index in [0.29, 0.717) is 57.7 Å². The molecule has 0 aliphatic carbocycles. The molecule has 2 aliphatic heterocycles. The van der Waals surface area contributed by atoms with Gasteiger partial charge in [0.1, 0.15) is 0 Å². The Balaban J connectivity index is 0.00000676. The van der Waals surface area contributed by atoms with E-state index in [1.54, 1.807) is 0 Å². The van der Waals surface area contributed by atoms with Gasteiger partial charge >= 0.3 is 0 Å². The van der Waals surface area contributed by atoms with Crippen molar-refractivity contribution < 1.29 is 109 Å². The molecule has 2 aliphatic rings. The molecule has 7 aromatic rings. The van der Waals surface area contributed by atoms with Gasteiger partial charge in [-0.05, 0) is 48.6 Å². The van der Waals surface area contributed by atoms with Crippen molar-refractivity contribution in [3.05, 3.63) is 163 Å². The van der Waals surface area contributed by atoms with Gasteiger partial charge in [0, 0.05) is 57.4 Å². The first kappa shape index (κ1) is 50.2. The first-order valence-electron chi connectivity index (χ1n) is 19.1. The van der Waals surface area contributed by atoms with E-state index in [9.17, 15) is 17.6 Å². The second kappa shape index (κ2) is 17.6. The number of nitrogens with zero attached hydrogens (tertiary/aromatic N) is 4. The minimum atomic E-state index is -2.71. The summed E-state index contributed by atoms with van der Waals surface area (Å²) in [6.45, 7) is 0. The van der Waals surface area contributed by atoms with Crippen molar-refractivity contribution in [3.8, 4) is 44.5 Å². The molecule has 368 valence electrons. The fourth-order valence-electron chi connectivity index (χ4n) is 8.15. The minimum Gasteiger partial charge on any atom is -0.343 e. The van der Waals surface area contributed by atoms with Crippen LogP contribution >= 0.6 is 0 Å². The maximum Gasteiger partial charge on any atom is 0.200 e.